The standard InChI is InChI=1S/C14H16O3/c1-16-12-5-4-10(9-15)11-8-14(17-13(11)12)6-2-3-7-14/h4-5,9H,2-3,6-8H2,1H3. The zero-order valence-electron chi connectivity index (χ0n) is 9.99. The van der Waals surface area contributed by atoms with Crippen LogP contribution in [-0.2, 0) is 6.42 Å². The van der Waals surface area contributed by atoms with Crippen LogP contribution in [0.3, 0.4) is 0 Å². The quantitative estimate of drug-likeness (QED) is 0.735. The van der Waals surface area contributed by atoms with Gasteiger partial charge in [0.2, 0.25) is 0 Å². The Kier molecular flexibility index (Phi) is 2.35. The van der Waals surface area contributed by atoms with Crippen molar-refractivity contribution in [2.45, 2.75) is 37.7 Å². The summed E-state index contributed by atoms with van der Waals surface area (Å²) in [6, 6.07) is 3.64. The number of ether oxygens (including phenoxy) is 2. The van der Waals surface area contributed by atoms with Gasteiger partial charge >= 0.3 is 0 Å². The highest BCUT2D eigenvalue weighted by atomic mass is 16.5. The SMILES string of the molecule is COc1ccc(C=O)c2c1OC1(CCCC1)C2. The number of hydrogen-bond donors (Lipinski definition) is 0. The molecule has 1 fully saturated rings. The fraction of sp³-hybridized carbons (Fsp3) is 0.500. The lowest BCUT2D eigenvalue weighted by atomic mass is 9.93. The van der Waals surface area contributed by atoms with Gasteiger partial charge in [-0.1, -0.05) is 0 Å². The van der Waals surface area contributed by atoms with Crippen molar-refractivity contribution in [1.29, 1.82) is 0 Å². The van der Waals surface area contributed by atoms with Gasteiger partial charge in [0.25, 0.3) is 0 Å². The number of rotatable bonds is 2. The Morgan fingerprint density at radius 2 is 2.12 bits per heavy atom. The Hall–Kier alpha value is -1.51. The molecule has 0 bridgehead atoms. The summed E-state index contributed by atoms with van der Waals surface area (Å²) >= 11 is 0. The molecule has 1 aromatic carbocycles. The van der Waals surface area contributed by atoms with E-state index >= 15 is 0 Å². The van der Waals surface area contributed by atoms with Gasteiger partial charge in [-0.25, -0.2) is 0 Å². The number of hydrogen-bond acceptors (Lipinski definition) is 3. The van der Waals surface area contributed by atoms with Gasteiger partial charge in [0, 0.05) is 17.5 Å². The monoisotopic (exact) mass is 232 g/mol. The number of methoxy groups -OCH3 is 1. The molecule has 0 radical (unpaired) electrons. The first-order valence-electron chi connectivity index (χ1n) is 6.12. The van der Waals surface area contributed by atoms with Crippen LogP contribution in [0, 0.1) is 0 Å². The highest BCUT2D eigenvalue weighted by Gasteiger charge is 2.43. The highest BCUT2D eigenvalue weighted by molar-refractivity contribution is 5.80. The van der Waals surface area contributed by atoms with E-state index in [0.29, 0.717) is 0 Å². The molecule has 0 unspecified atom stereocenters. The number of aldehydes is 1. The van der Waals surface area contributed by atoms with Gasteiger partial charge in [-0.15, -0.1) is 0 Å². The molecule has 1 saturated carbocycles. The third kappa shape index (κ3) is 1.53. The number of benzene rings is 1. The predicted octanol–water partition coefficient (Wildman–Crippen LogP) is 2.76. The molecule has 1 aliphatic carbocycles. The summed E-state index contributed by atoms with van der Waals surface area (Å²) in [5.41, 5.74) is 1.71. The molecule has 0 aromatic heterocycles. The van der Waals surface area contributed by atoms with Crippen molar-refractivity contribution in [3.63, 3.8) is 0 Å². The van der Waals surface area contributed by atoms with E-state index in [9.17, 15) is 4.79 Å². The molecular weight excluding hydrogens is 216 g/mol. The molecule has 17 heavy (non-hydrogen) atoms. The topological polar surface area (TPSA) is 35.5 Å². The van der Waals surface area contributed by atoms with Crippen LogP contribution in [0.25, 0.3) is 0 Å². The fourth-order valence-electron chi connectivity index (χ4n) is 3.06. The van der Waals surface area contributed by atoms with E-state index in [1.54, 1.807) is 7.11 Å². The molecule has 90 valence electrons. The summed E-state index contributed by atoms with van der Waals surface area (Å²) in [4.78, 5) is 11.1. The van der Waals surface area contributed by atoms with Gasteiger partial charge in [0.15, 0.2) is 11.5 Å². The van der Waals surface area contributed by atoms with Crippen molar-refractivity contribution in [3.8, 4) is 11.5 Å². The first-order valence-corrected chi connectivity index (χ1v) is 6.12. The maximum Gasteiger partial charge on any atom is 0.166 e. The van der Waals surface area contributed by atoms with E-state index < -0.39 is 0 Å². The first-order chi connectivity index (χ1) is 8.28. The Balaban J connectivity index is 2.07. The van der Waals surface area contributed by atoms with E-state index in [1.165, 1.54) is 12.8 Å². The van der Waals surface area contributed by atoms with Gasteiger partial charge < -0.3 is 9.47 Å². The molecule has 0 atom stereocenters. The third-order valence-corrected chi connectivity index (χ3v) is 3.94. The lowest BCUT2D eigenvalue weighted by Gasteiger charge is -2.22. The molecule has 2 aliphatic rings. The molecule has 1 aromatic rings. The lowest BCUT2D eigenvalue weighted by molar-refractivity contribution is 0.0996. The van der Waals surface area contributed by atoms with Crippen molar-refractivity contribution in [3.05, 3.63) is 23.3 Å². The van der Waals surface area contributed by atoms with Crippen molar-refractivity contribution in [1.82, 2.24) is 0 Å². The molecule has 0 amide bonds. The zero-order valence-corrected chi connectivity index (χ0v) is 9.99. The lowest BCUT2D eigenvalue weighted by Crippen LogP contribution is -2.30. The molecule has 1 heterocycles. The highest BCUT2D eigenvalue weighted by Crippen LogP contribution is 2.49. The molecule has 1 aliphatic heterocycles. The van der Waals surface area contributed by atoms with Crippen molar-refractivity contribution < 1.29 is 14.3 Å². The summed E-state index contributed by atoms with van der Waals surface area (Å²) in [7, 11) is 1.64. The van der Waals surface area contributed by atoms with Crippen LogP contribution in [0.15, 0.2) is 12.1 Å². The van der Waals surface area contributed by atoms with E-state index in [0.717, 1.165) is 48.2 Å². The smallest absolute Gasteiger partial charge is 0.166 e. The molecular formula is C14H16O3. The minimum Gasteiger partial charge on any atom is -0.493 e. The second-order valence-electron chi connectivity index (χ2n) is 4.95. The summed E-state index contributed by atoms with van der Waals surface area (Å²) < 4.78 is 11.5. The normalized spacial score (nSPS) is 20.1. The van der Waals surface area contributed by atoms with Crippen molar-refractivity contribution in [2.24, 2.45) is 0 Å². The summed E-state index contributed by atoms with van der Waals surface area (Å²) in [6.07, 6.45) is 6.37. The van der Waals surface area contributed by atoms with Crippen molar-refractivity contribution in [2.75, 3.05) is 7.11 Å². The van der Waals surface area contributed by atoms with E-state index in [4.69, 9.17) is 9.47 Å². The van der Waals surface area contributed by atoms with Crippen LogP contribution in [-0.4, -0.2) is 19.0 Å². The van der Waals surface area contributed by atoms with Gasteiger partial charge in [0.1, 0.15) is 11.9 Å². The van der Waals surface area contributed by atoms with E-state index in [-0.39, 0.29) is 5.60 Å². The second-order valence-corrected chi connectivity index (χ2v) is 4.95. The predicted molar refractivity (Wildman–Crippen MR) is 63.9 cm³/mol. The van der Waals surface area contributed by atoms with Crippen LogP contribution in [0.1, 0.15) is 41.6 Å². The minimum absolute atomic E-state index is 0.0608. The fourth-order valence-corrected chi connectivity index (χ4v) is 3.06. The van der Waals surface area contributed by atoms with Crippen LogP contribution in [0.5, 0.6) is 11.5 Å². The van der Waals surface area contributed by atoms with Crippen LogP contribution in [0.2, 0.25) is 0 Å². The Morgan fingerprint density at radius 1 is 1.35 bits per heavy atom. The molecule has 0 saturated heterocycles. The summed E-state index contributed by atoms with van der Waals surface area (Å²) in [6.45, 7) is 0. The first kappa shape index (κ1) is 10.6. The Labute approximate surface area is 101 Å². The summed E-state index contributed by atoms with van der Waals surface area (Å²) in [5, 5.41) is 0. The van der Waals surface area contributed by atoms with Gasteiger partial charge in [-0.05, 0) is 37.8 Å². The third-order valence-electron chi connectivity index (χ3n) is 3.94. The Bertz CT molecular complexity index is 459. The number of fused-ring (bicyclic) bond motifs is 1. The van der Waals surface area contributed by atoms with Crippen LogP contribution < -0.4 is 9.47 Å². The number of carbonyl (C=O) groups excluding carboxylic acids is 1. The van der Waals surface area contributed by atoms with Gasteiger partial charge in [0.05, 0.1) is 7.11 Å². The maximum atomic E-state index is 11.1. The molecule has 1 spiro atoms. The molecule has 3 rings (SSSR count). The zero-order chi connectivity index (χ0) is 11.9. The van der Waals surface area contributed by atoms with Crippen LogP contribution in [0.4, 0.5) is 0 Å². The molecule has 3 nitrogen and oxygen atoms in total. The van der Waals surface area contributed by atoms with Gasteiger partial charge in [-0.2, -0.15) is 0 Å². The molecule has 0 N–H and O–H groups in total. The largest absolute Gasteiger partial charge is 0.493 e. The average Bonchev–Trinajstić information content (AvgIpc) is 2.95. The summed E-state index contributed by atoms with van der Waals surface area (Å²) in [5.74, 6) is 1.54. The average molecular weight is 232 g/mol. The van der Waals surface area contributed by atoms with Crippen molar-refractivity contribution >= 4 is 6.29 Å². The van der Waals surface area contributed by atoms with E-state index in [2.05, 4.69) is 0 Å². The molecule has 3 heteroatoms. The minimum atomic E-state index is -0.0608. The maximum absolute atomic E-state index is 11.1. The van der Waals surface area contributed by atoms with Crippen LogP contribution >= 0.6 is 0 Å². The Morgan fingerprint density at radius 3 is 2.76 bits per heavy atom. The van der Waals surface area contributed by atoms with E-state index in [1.807, 2.05) is 12.1 Å². The van der Waals surface area contributed by atoms with Gasteiger partial charge in [-0.3, -0.25) is 4.79 Å². The number of carbonyl (C=O) groups is 1. The second kappa shape index (κ2) is 3.76.